The lowest BCUT2D eigenvalue weighted by Crippen LogP contribution is -1.95. The Labute approximate surface area is 121 Å². The molecule has 0 aliphatic heterocycles. The summed E-state index contributed by atoms with van der Waals surface area (Å²) in [6.45, 7) is 0. The van der Waals surface area contributed by atoms with Gasteiger partial charge in [-0.05, 0) is 29.3 Å². The van der Waals surface area contributed by atoms with Gasteiger partial charge >= 0.3 is 5.97 Å². The molecule has 0 radical (unpaired) electrons. The summed E-state index contributed by atoms with van der Waals surface area (Å²) in [5, 5.41) is 17.8. The zero-order valence-corrected chi connectivity index (χ0v) is 11.6. The van der Waals surface area contributed by atoms with Gasteiger partial charge in [0.1, 0.15) is 0 Å². The van der Waals surface area contributed by atoms with E-state index in [9.17, 15) is 4.79 Å². The Hall–Kier alpha value is -2.25. The van der Waals surface area contributed by atoms with Crippen molar-refractivity contribution in [1.82, 2.24) is 0 Å². The summed E-state index contributed by atoms with van der Waals surface area (Å²) in [5.41, 5.74) is 3.12. The minimum absolute atomic E-state index is 0.300. The van der Waals surface area contributed by atoms with Crippen molar-refractivity contribution in [3.63, 3.8) is 0 Å². The number of benzene rings is 2. The molecule has 2 aromatic carbocycles. The summed E-state index contributed by atoms with van der Waals surface area (Å²) in [6, 6.07) is 16.6. The maximum Gasteiger partial charge on any atom is 0.335 e. The predicted molar refractivity (Wildman–Crippen MR) is 79.6 cm³/mol. The largest absolute Gasteiger partial charge is 0.478 e. The van der Waals surface area contributed by atoms with Crippen molar-refractivity contribution in [3.8, 4) is 6.07 Å². The second kappa shape index (κ2) is 6.78. The van der Waals surface area contributed by atoms with Crippen molar-refractivity contribution in [2.45, 2.75) is 11.5 Å². The average molecular weight is 283 g/mol. The van der Waals surface area contributed by atoms with Crippen LogP contribution in [0.5, 0.6) is 0 Å². The lowest BCUT2D eigenvalue weighted by Gasteiger charge is -2.04. The van der Waals surface area contributed by atoms with E-state index in [0.29, 0.717) is 11.1 Å². The fourth-order valence-electron chi connectivity index (χ4n) is 1.78. The molecule has 0 unspecified atom stereocenters. The number of aromatic carboxylic acids is 1. The molecule has 0 aliphatic rings. The van der Waals surface area contributed by atoms with Crippen molar-refractivity contribution < 1.29 is 9.90 Å². The highest BCUT2D eigenvalue weighted by atomic mass is 32.2. The van der Waals surface area contributed by atoms with Crippen LogP contribution in [-0.2, 0) is 11.5 Å². The monoisotopic (exact) mass is 283 g/mol. The third-order valence-electron chi connectivity index (χ3n) is 2.86. The molecule has 0 aromatic heterocycles. The van der Waals surface area contributed by atoms with E-state index in [1.807, 2.05) is 36.4 Å². The molecule has 100 valence electrons. The highest BCUT2D eigenvalue weighted by Gasteiger charge is 2.03. The maximum atomic E-state index is 10.7. The van der Waals surface area contributed by atoms with Gasteiger partial charge in [0.2, 0.25) is 0 Å². The molecule has 20 heavy (non-hydrogen) atoms. The minimum Gasteiger partial charge on any atom is -0.478 e. The molecular weight excluding hydrogens is 270 g/mol. The molecule has 2 rings (SSSR count). The summed E-state index contributed by atoms with van der Waals surface area (Å²) in [7, 11) is 0. The Kier molecular flexibility index (Phi) is 4.80. The van der Waals surface area contributed by atoms with Crippen molar-refractivity contribution in [3.05, 3.63) is 70.8 Å². The fraction of sp³-hybridized carbons (Fsp3) is 0.125. The standard InChI is InChI=1S/C16H13NO2S/c17-9-14-3-1-2-4-15(14)11-20-10-12-5-7-13(8-6-12)16(18)19/h1-8H,10-11H2,(H,18,19). The van der Waals surface area contributed by atoms with Gasteiger partial charge in [0, 0.05) is 11.5 Å². The lowest BCUT2D eigenvalue weighted by molar-refractivity contribution is 0.0697. The third-order valence-corrected chi connectivity index (χ3v) is 3.92. The molecule has 0 bridgehead atoms. The van der Waals surface area contributed by atoms with Crippen LogP contribution in [0, 0.1) is 11.3 Å². The number of carboxylic acid groups (broad SMARTS) is 1. The molecule has 0 fully saturated rings. The maximum absolute atomic E-state index is 10.7. The van der Waals surface area contributed by atoms with Crippen LogP contribution < -0.4 is 0 Å². The van der Waals surface area contributed by atoms with E-state index in [1.165, 1.54) is 0 Å². The van der Waals surface area contributed by atoms with Crippen molar-refractivity contribution in [1.29, 1.82) is 5.26 Å². The van der Waals surface area contributed by atoms with Gasteiger partial charge in [-0.15, -0.1) is 0 Å². The molecular formula is C16H13NO2S. The first-order chi connectivity index (χ1) is 9.70. The van der Waals surface area contributed by atoms with Crippen LogP contribution in [0.3, 0.4) is 0 Å². The highest BCUT2D eigenvalue weighted by molar-refractivity contribution is 7.97. The van der Waals surface area contributed by atoms with Crippen LogP contribution in [0.2, 0.25) is 0 Å². The number of thioether (sulfide) groups is 1. The number of nitrogens with zero attached hydrogens (tertiary/aromatic N) is 1. The van der Waals surface area contributed by atoms with Crippen LogP contribution in [0.25, 0.3) is 0 Å². The van der Waals surface area contributed by atoms with Crippen LogP contribution in [0.1, 0.15) is 27.0 Å². The second-order valence-electron chi connectivity index (χ2n) is 4.26. The fourth-order valence-corrected chi connectivity index (χ4v) is 2.78. The van der Waals surface area contributed by atoms with Gasteiger partial charge in [0.05, 0.1) is 17.2 Å². The van der Waals surface area contributed by atoms with Gasteiger partial charge in [-0.3, -0.25) is 0 Å². The Morgan fingerprint density at radius 3 is 2.45 bits per heavy atom. The smallest absolute Gasteiger partial charge is 0.335 e. The zero-order chi connectivity index (χ0) is 14.4. The quantitative estimate of drug-likeness (QED) is 0.909. The van der Waals surface area contributed by atoms with Crippen molar-refractivity contribution in [2.24, 2.45) is 0 Å². The number of carboxylic acids is 1. The number of hydrogen-bond donors (Lipinski definition) is 1. The summed E-state index contributed by atoms with van der Waals surface area (Å²) >= 11 is 1.70. The summed E-state index contributed by atoms with van der Waals surface area (Å²) < 4.78 is 0. The number of rotatable bonds is 5. The van der Waals surface area contributed by atoms with Crippen LogP contribution in [0.4, 0.5) is 0 Å². The molecule has 1 N–H and O–H groups in total. The summed E-state index contributed by atoms with van der Waals surface area (Å²) in [4.78, 5) is 10.7. The van der Waals surface area contributed by atoms with Gasteiger partial charge < -0.3 is 5.11 Å². The van der Waals surface area contributed by atoms with Crippen LogP contribution >= 0.6 is 11.8 Å². The molecule has 0 atom stereocenters. The molecule has 0 aliphatic carbocycles. The van der Waals surface area contributed by atoms with E-state index in [1.54, 1.807) is 23.9 Å². The third kappa shape index (κ3) is 3.62. The van der Waals surface area contributed by atoms with Crippen LogP contribution in [-0.4, -0.2) is 11.1 Å². The zero-order valence-electron chi connectivity index (χ0n) is 10.7. The molecule has 0 saturated carbocycles. The second-order valence-corrected chi connectivity index (χ2v) is 5.25. The van der Waals surface area contributed by atoms with Crippen LogP contribution in [0.15, 0.2) is 48.5 Å². The van der Waals surface area contributed by atoms with Gasteiger partial charge in [-0.25, -0.2) is 4.79 Å². The Bertz CT molecular complexity index is 644. The molecule has 0 saturated heterocycles. The van der Waals surface area contributed by atoms with Crippen molar-refractivity contribution in [2.75, 3.05) is 0 Å². The minimum atomic E-state index is -0.910. The van der Waals surface area contributed by atoms with Gasteiger partial charge in [0.15, 0.2) is 0 Å². The number of nitriles is 1. The van der Waals surface area contributed by atoms with E-state index in [2.05, 4.69) is 6.07 Å². The van der Waals surface area contributed by atoms with E-state index >= 15 is 0 Å². The number of hydrogen-bond acceptors (Lipinski definition) is 3. The normalized spacial score (nSPS) is 9.95. The molecule has 2 aromatic rings. The topological polar surface area (TPSA) is 61.1 Å². The lowest BCUT2D eigenvalue weighted by atomic mass is 10.1. The first kappa shape index (κ1) is 14.2. The summed E-state index contributed by atoms with van der Waals surface area (Å²) in [6.07, 6.45) is 0. The van der Waals surface area contributed by atoms with Gasteiger partial charge in [-0.2, -0.15) is 17.0 Å². The van der Waals surface area contributed by atoms with Crippen molar-refractivity contribution >= 4 is 17.7 Å². The van der Waals surface area contributed by atoms with E-state index in [-0.39, 0.29) is 0 Å². The predicted octanol–water partition coefficient (Wildman–Crippen LogP) is 3.69. The molecule has 0 amide bonds. The first-order valence-corrected chi connectivity index (χ1v) is 7.24. The van der Waals surface area contributed by atoms with Gasteiger partial charge in [-0.1, -0.05) is 30.3 Å². The highest BCUT2D eigenvalue weighted by Crippen LogP contribution is 2.20. The first-order valence-electron chi connectivity index (χ1n) is 6.08. The molecule has 0 heterocycles. The number of carbonyl (C=O) groups is 1. The Morgan fingerprint density at radius 2 is 1.80 bits per heavy atom. The Balaban J connectivity index is 1.93. The summed E-state index contributed by atoms with van der Waals surface area (Å²) in [5.74, 6) is 0.650. The van der Waals surface area contributed by atoms with E-state index < -0.39 is 5.97 Å². The molecule has 0 spiro atoms. The average Bonchev–Trinajstić information content (AvgIpc) is 2.48. The molecule has 4 heteroatoms. The van der Waals surface area contributed by atoms with E-state index in [4.69, 9.17) is 10.4 Å². The molecule has 3 nitrogen and oxygen atoms in total. The van der Waals surface area contributed by atoms with E-state index in [0.717, 1.165) is 22.6 Å². The van der Waals surface area contributed by atoms with Gasteiger partial charge in [0.25, 0.3) is 0 Å². The Morgan fingerprint density at radius 1 is 1.10 bits per heavy atom. The SMILES string of the molecule is N#Cc1ccccc1CSCc1ccc(C(=O)O)cc1.